The molecule has 0 atom stereocenters. The van der Waals surface area contributed by atoms with Crippen LogP contribution in [0.2, 0.25) is 0 Å². The van der Waals surface area contributed by atoms with Crippen LogP contribution in [0.5, 0.6) is 0 Å². The fourth-order valence-electron chi connectivity index (χ4n) is 1.02. The molecular weight excluding hydrogens is 174 g/mol. The van der Waals surface area contributed by atoms with Crippen LogP contribution in [0.25, 0.3) is 0 Å². The Morgan fingerprint density at radius 2 is 2.00 bits per heavy atom. The summed E-state index contributed by atoms with van der Waals surface area (Å²) in [5, 5.41) is 1.95. The Balaban J connectivity index is 2.58. The highest BCUT2D eigenvalue weighted by Crippen LogP contribution is 2.09. The Labute approximate surface area is 72.1 Å². The van der Waals surface area contributed by atoms with Gasteiger partial charge in [0.15, 0.2) is 0 Å². The molecule has 2 rings (SSSR count). The molecule has 13 heavy (non-hydrogen) atoms. The standard InChI is InChI=1S/C7H3N3O3/c11-5-3-1-2-8-6(12)4(3)9-7(13)10-5/h1-2H,(H,10,11,13). The van der Waals surface area contributed by atoms with Gasteiger partial charge >= 0.3 is 6.03 Å². The number of carbonyl (C=O) groups is 3. The van der Waals surface area contributed by atoms with Gasteiger partial charge in [-0.25, -0.2) is 9.79 Å². The zero-order valence-corrected chi connectivity index (χ0v) is 6.27. The summed E-state index contributed by atoms with van der Waals surface area (Å²) >= 11 is 0. The van der Waals surface area contributed by atoms with Crippen LogP contribution < -0.4 is 5.32 Å². The molecule has 0 saturated heterocycles. The predicted octanol–water partition coefficient (Wildman–Crippen LogP) is -0.785. The molecule has 64 valence electrons. The molecule has 1 N–H and O–H groups in total. The van der Waals surface area contributed by atoms with Crippen LogP contribution in [0, 0.1) is 0 Å². The summed E-state index contributed by atoms with van der Waals surface area (Å²) in [6, 6.07) is -0.831. The van der Waals surface area contributed by atoms with Gasteiger partial charge in [0.25, 0.3) is 11.8 Å². The van der Waals surface area contributed by atoms with E-state index < -0.39 is 17.8 Å². The van der Waals surface area contributed by atoms with Gasteiger partial charge in [0.05, 0.1) is 5.57 Å². The average Bonchev–Trinajstić information content (AvgIpc) is 2.07. The van der Waals surface area contributed by atoms with Gasteiger partial charge in [0, 0.05) is 6.21 Å². The number of urea groups is 1. The lowest BCUT2D eigenvalue weighted by Gasteiger charge is -2.13. The number of amides is 4. The first-order valence-electron chi connectivity index (χ1n) is 3.41. The molecular formula is C7H3N3O3. The maximum atomic E-state index is 11.1. The van der Waals surface area contributed by atoms with Gasteiger partial charge in [-0.15, -0.1) is 0 Å². The first-order chi connectivity index (χ1) is 6.18. The van der Waals surface area contributed by atoms with Crippen LogP contribution in [0.4, 0.5) is 4.79 Å². The molecule has 0 radical (unpaired) electrons. The van der Waals surface area contributed by atoms with Crippen LogP contribution >= 0.6 is 0 Å². The van der Waals surface area contributed by atoms with Crippen LogP contribution in [0.1, 0.15) is 0 Å². The van der Waals surface area contributed by atoms with Crippen molar-refractivity contribution in [2.24, 2.45) is 9.98 Å². The Morgan fingerprint density at radius 3 is 2.77 bits per heavy atom. The van der Waals surface area contributed by atoms with E-state index in [0.717, 1.165) is 0 Å². The smallest absolute Gasteiger partial charge is 0.272 e. The number of hydrogen-bond acceptors (Lipinski definition) is 3. The van der Waals surface area contributed by atoms with Gasteiger partial charge in [-0.3, -0.25) is 14.9 Å². The van der Waals surface area contributed by atoms with E-state index in [9.17, 15) is 14.4 Å². The van der Waals surface area contributed by atoms with E-state index >= 15 is 0 Å². The number of imide groups is 1. The lowest BCUT2D eigenvalue weighted by Crippen LogP contribution is -2.40. The third-order valence-corrected chi connectivity index (χ3v) is 1.57. The Hall–Kier alpha value is -2.11. The molecule has 0 aliphatic carbocycles. The molecule has 0 bridgehead atoms. The molecule has 6 nitrogen and oxygen atoms in total. The quantitative estimate of drug-likeness (QED) is 0.526. The van der Waals surface area contributed by atoms with E-state index in [2.05, 4.69) is 9.98 Å². The first kappa shape index (κ1) is 7.53. The zero-order valence-electron chi connectivity index (χ0n) is 6.27. The Morgan fingerprint density at radius 1 is 1.23 bits per heavy atom. The highest BCUT2D eigenvalue weighted by molar-refractivity contribution is 6.56. The number of nitrogens with zero attached hydrogens (tertiary/aromatic N) is 2. The summed E-state index contributed by atoms with van der Waals surface area (Å²) in [6.45, 7) is 0. The Bertz CT molecular complexity index is 417. The summed E-state index contributed by atoms with van der Waals surface area (Å²) < 4.78 is 0. The fraction of sp³-hybridized carbons (Fsp3) is 0. The minimum atomic E-state index is -0.831. The van der Waals surface area contributed by atoms with E-state index in [4.69, 9.17) is 0 Å². The highest BCUT2D eigenvalue weighted by Gasteiger charge is 2.30. The molecule has 0 aromatic carbocycles. The van der Waals surface area contributed by atoms with Gasteiger partial charge in [0.1, 0.15) is 5.71 Å². The van der Waals surface area contributed by atoms with E-state index in [1.54, 1.807) is 0 Å². The minimum Gasteiger partial charge on any atom is -0.272 e. The summed E-state index contributed by atoms with van der Waals surface area (Å²) in [4.78, 5) is 39.6. The lowest BCUT2D eigenvalue weighted by atomic mass is 10.1. The fourth-order valence-corrected chi connectivity index (χ4v) is 1.02. The third kappa shape index (κ3) is 1.08. The van der Waals surface area contributed by atoms with Gasteiger partial charge < -0.3 is 0 Å². The number of allylic oxidation sites excluding steroid dienone is 1. The second-order valence-electron chi connectivity index (χ2n) is 2.38. The maximum Gasteiger partial charge on any atom is 0.348 e. The van der Waals surface area contributed by atoms with Crippen LogP contribution in [-0.2, 0) is 9.59 Å². The largest absolute Gasteiger partial charge is 0.348 e. The average molecular weight is 177 g/mol. The normalized spacial score (nSPS) is 20.5. The molecule has 0 aromatic heterocycles. The van der Waals surface area contributed by atoms with E-state index in [0.29, 0.717) is 0 Å². The number of dihydropyridines is 1. The van der Waals surface area contributed by atoms with Crippen LogP contribution in [0.15, 0.2) is 21.6 Å². The van der Waals surface area contributed by atoms with E-state index in [1.165, 1.54) is 12.3 Å². The van der Waals surface area contributed by atoms with Gasteiger partial charge in [-0.2, -0.15) is 4.99 Å². The molecule has 0 saturated carbocycles. The van der Waals surface area contributed by atoms with Crippen molar-refractivity contribution in [2.75, 3.05) is 0 Å². The Kier molecular flexibility index (Phi) is 1.42. The summed E-state index contributed by atoms with van der Waals surface area (Å²) in [7, 11) is 0. The SMILES string of the molecule is O=C1N=C2C(=O)N=CC=C2C(=O)N1. The van der Waals surface area contributed by atoms with E-state index in [-0.39, 0.29) is 11.3 Å². The van der Waals surface area contributed by atoms with Gasteiger partial charge in [-0.1, -0.05) is 0 Å². The van der Waals surface area contributed by atoms with Crippen molar-refractivity contribution in [2.45, 2.75) is 0 Å². The van der Waals surface area contributed by atoms with Crippen molar-refractivity contribution in [3.05, 3.63) is 11.6 Å². The number of aliphatic imine (C=N–C) groups is 2. The van der Waals surface area contributed by atoms with Crippen molar-refractivity contribution in [3.63, 3.8) is 0 Å². The van der Waals surface area contributed by atoms with Crippen molar-refractivity contribution in [1.29, 1.82) is 0 Å². The number of nitrogens with one attached hydrogen (secondary N) is 1. The van der Waals surface area contributed by atoms with Crippen LogP contribution in [-0.4, -0.2) is 29.8 Å². The van der Waals surface area contributed by atoms with Crippen LogP contribution in [0.3, 0.4) is 0 Å². The molecule has 0 spiro atoms. The monoisotopic (exact) mass is 177 g/mol. The second kappa shape index (κ2) is 2.44. The topological polar surface area (TPSA) is 88.0 Å². The molecule has 0 fully saturated rings. The molecule has 0 aromatic rings. The van der Waals surface area contributed by atoms with Crippen molar-refractivity contribution in [3.8, 4) is 0 Å². The van der Waals surface area contributed by atoms with Gasteiger partial charge in [0.2, 0.25) is 0 Å². The van der Waals surface area contributed by atoms with Gasteiger partial charge in [-0.05, 0) is 6.08 Å². The second-order valence-corrected chi connectivity index (χ2v) is 2.38. The number of carbonyl (C=O) groups excluding carboxylic acids is 3. The molecule has 0 unspecified atom stereocenters. The van der Waals surface area contributed by atoms with Crippen molar-refractivity contribution < 1.29 is 14.4 Å². The molecule has 2 heterocycles. The molecule has 4 amide bonds. The zero-order chi connectivity index (χ0) is 9.42. The first-order valence-corrected chi connectivity index (χ1v) is 3.41. The molecule has 6 heteroatoms. The number of rotatable bonds is 0. The molecule has 2 aliphatic heterocycles. The minimum absolute atomic E-state index is 0.0830. The predicted molar refractivity (Wildman–Crippen MR) is 42.6 cm³/mol. The van der Waals surface area contributed by atoms with Crippen molar-refractivity contribution >= 4 is 29.8 Å². The third-order valence-electron chi connectivity index (χ3n) is 1.57. The van der Waals surface area contributed by atoms with E-state index in [1.807, 2.05) is 5.32 Å². The number of fused-ring (bicyclic) bond motifs is 1. The summed E-state index contributed by atoms with van der Waals surface area (Å²) in [5.41, 5.74) is -0.101. The van der Waals surface area contributed by atoms with Crippen molar-refractivity contribution in [1.82, 2.24) is 5.32 Å². The number of hydrogen-bond donors (Lipinski definition) is 1. The summed E-state index contributed by atoms with van der Waals surface area (Å²) in [6.07, 6.45) is 2.54. The maximum absolute atomic E-state index is 11.1. The molecule has 2 aliphatic rings. The summed E-state index contributed by atoms with van der Waals surface area (Å²) in [5.74, 6) is -1.28. The lowest BCUT2D eigenvalue weighted by molar-refractivity contribution is -0.117. The highest BCUT2D eigenvalue weighted by atomic mass is 16.2.